The lowest BCUT2D eigenvalue weighted by molar-refractivity contribution is -0.142. The normalized spacial score (nSPS) is 11.5. The van der Waals surface area contributed by atoms with Crippen molar-refractivity contribution in [3.05, 3.63) is 35.1 Å². The number of hydrogen-bond donors (Lipinski definition) is 1. The van der Waals surface area contributed by atoms with Crippen LogP contribution in [0, 0.1) is 12.7 Å². The molecular formula is C10H13ClFNO2. The first kappa shape index (κ1) is 13.9. The van der Waals surface area contributed by atoms with Gasteiger partial charge in [0.15, 0.2) is 0 Å². The highest BCUT2D eigenvalue weighted by Gasteiger charge is 2.19. The molecule has 0 saturated carbocycles. The van der Waals surface area contributed by atoms with E-state index in [1.165, 1.54) is 19.2 Å². The molecule has 0 bridgehead atoms. The summed E-state index contributed by atoms with van der Waals surface area (Å²) < 4.78 is 17.6. The molecule has 0 radical (unpaired) electrons. The van der Waals surface area contributed by atoms with Gasteiger partial charge in [-0.05, 0) is 24.1 Å². The zero-order chi connectivity index (χ0) is 10.7. The minimum absolute atomic E-state index is 0. The Hall–Kier alpha value is -1.13. The molecule has 1 aromatic rings. The molecule has 0 aliphatic carbocycles. The molecule has 3 nitrogen and oxygen atoms in total. The van der Waals surface area contributed by atoms with Gasteiger partial charge in [0.05, 0.1) is 7.11 Å². The lowest BCUT2D eigenvalue weighted by Gasteiger charge is -2.12. The molecule has 0 fully saturated rings. The minimum Gasteiger partial charge on any atom is -0.468 e. The third-order valence-electron chi connectivity index (χ3n) is 2.10. The van der Waals surface area contributed by atoms with Crippen LogP contribution in [-0.4, -0.2) is 13.1 Å². The van der Waals surface area contributed by atoms with E-state index in [9.17, 15) is 9.18 Å². The van der Waals surface area contributed by atoms with Crippen molar-refractivity contribution in [2.75, 3.05) is 7.11 Å². The average Bonchev–Trinajstić information content (AvgIpc) is 2.20. The van der Waals surface area contributed by atoms with Gasteiger partial charge in [0.2, 0.25) is 0 Å². The van der Waals surface area contributed by atoms with E-state index in [0.29, 0.717) is 11.1 Å². The summed E-state index contributed by atoms with van der Waals surface area (Å²) in [6.07, 6.45) is 0. The number of hydrogen-bond acceptors (Lipinski definition) is 3. The van der Waals surface area contributed by atoms with Crippen LogP contribution in [0.25, 0.3) is 0 Å². The van der Waals surface area contributed by atoms with Crippen molar-refractivity contribution < 1.29 is 13.9 Å². The molecule has 0 spiro atoms. The predicted octanol–water partition coefficient (Wildman–Crippen LogP) is 1.73. The van der Waals surface area contributed by atoms with Crippen molar-refractivity contribution in [2.24, 2.45) is 5.73 Å². The van der Waals surface area contributed by atoms with Crippen molar-refractivity contribution in [3.63, 3.8) is 0 Å². The highest BCUT2D eigenvalue weighted by atomic mass is 35.5. The van der Waals surface area contributed by atoms with Crippen LogP contribution in [0.4, 0.5) is 4.39 Å². The van der Waals surface area contributed by atoms with Crippen LogP contribution in [0.2, 0.25) is 0 Å². The Morgan fingerprint density at radius 3 is 2.67 bits per heavy atom. The molecule has 84 valence electrons. The molecule has 1 rings (SSSR count). The van der Waals surface area contributed by atoms with E-state index in [1.807, 2.05) is 0 Å². The maximum absolute atomic E-state index is 13.1. The number of esters is 1. The molecule has 0 amide bonds. The Kier molecular flexibility index (Phi) is 5.25. The summed E-state index contributed by atoms with van der Waals surface area (Å²) in [4.78, 5) is 11.1. The Morgan fingerprint density at radius 2 is 2.13 bits per heavy atom. The van der Waals surface area contributed by atoms with Crippen LogP contribution in [0.1, 0.15) is 17.2 Å². The summed E-state index contributed by atoms with van der Waals surface area (Å²) in [6.45, 7) is 1.58. The Bertz CT molecular complexity index is 357. The number of halogens is 2. The highest BCUT2D eigenvalue weighted by molar-refractivity contribution is 5.85. The third kappa shape index (κ3) is 2.91. The Morgan fingerprint density at radius 1 is 1.53 bits per heavy atom. The topological polar surface area (TPSA) is 52.3 Å². The quantitative estimate of drug-likeness (QED) is 0.792. The van der Waals surface area contributed by atoms with Crippen LogP contribution in [0.15, 0.2) is 18.2 Å². The Labute approximate surface area is 93.8 Å². The smallest absolute Gasteiger partial charge is 0.327 e. The van der Waals surface area contributed by atoms with E-state index in [2.05, 4.69) is 4.74 Å². The van der Waals surface area contributed by atoms with E-state index in [1.54, 1.807) is 13.0 Å². The molecule has 5 heteroatoms. The summed E-state index contributed by atoms with van der Waals surface area (Å²) in [7, 11) is 1.25. The van der Waals surface area contributed by atoms with Gasteiger partial charge in [-0.15, -0.1) is 12.4 Å². The summed E-state index contributed by atoms with van der Waals surface area (Å²) in [5.41, 5.74) is 6.41. The molecule has 1 atom stereocenters. The monoisotopic (exact) mass is 233 g/mol. The number of ether oxygens (including phenoxy) is 1. The van der Waals surface area contributed by atoms with Crippen LogP contribution < -0.4 is 5.73 Å². The van der Waals surface area contributed by atoms with E-state index in [4.69, 9.17) is 5.73 Å². The van der Waals surface area contributed by atoms with E-state index in [0.717, 1.165) is 0 Å². The summed E-state index contributed by atoms with van der Waals surface area (Å²) >= 11 is 0. The van der Waals surface area contributed by atoms with E-state index >= 15 is 0 Å². The molecule has 0 aliphatic rings. The molecular weight excluding hydrogens is 221 g/mol. The van der Waals surface area contributed by atoms with Gasteiger partial charge in [-0.1, -0.05) is 12.1 Å². The number of carbonyl (C=O) groups is 1. The molecule has 0 unspecified atom stereocenters. The van der Waals surface area contributed by atoms with Gasteiger partial charge in [-0.25, -0.2) is 4.39 Å². The molecule has 0 aromatic heterocycles. The maximum atomic E-state index is 13.1. The van der Waals surface area contributed by atoms with Gasteiger partial charge in [0.1, 0.15) is 11.9 Å². The van der Waals surface area contributed by atoms with E-state index in [-0.39, 0.29) is 18.2 Å². The zero-order valence-corrected chi connectivity index (χ0v) is 9.31. The van der Waals surface area contributed by atoms with Gasteiger partial charge >= 0.3 is 5.97 Å². The van der Waals surface area contributed by atoms with Crippen molar-refractivity contribution in [3.8, 4) is 0 Å². The van der Waals surface area contributed by atoms with Crippen LogP contribution in [-0.2, 0) is 9.53 Å². The standard InChI is InChI=1S/C10H12FNO2.ClH/c1-6-7(4-3-5-8(6)11)9(12)10(13)14-2;/h3-5,9H,12H2,1-2H3;1H/t9-;/m0./s1. The van der Waals surface area contributed by atoms with Gasteiger partial charge in [0, 0.05) is 0 Å². The van der Waals surface area contributed by atoms with Gasteiger partial charge in [-0.3, -0.25) is 4.79 Å². The van der Waals surface area contributed by atoms with Gasteiger partial charge in [-0.2, -0.15) is 0 Å². The fraction of sp³-hybridized carbons (Fsp3) is 0.300. The van der Waals surface area contributed by atoms with E-state index < -0.39 is 12.0 Å². The molecule has 15 heavy (non-hydrogen) atoms. The second-order valence-electron chi connectivity index (χ2n) is 2.95. The van der Waals surface area contributed by atoms with Crippen molar-refractivity contribution in [1.29, 1.82) is 0 Å². The fourth-order valence-electron chi connectivity index (χ4n) is 1.22. The third-order valence-corrected chi connectivity index (χ3v) is 2.10. The number of benzene rings is 1. The first-order valence-electron chi connectivity index (χ1n) is 4.16. The fourth-order valence-corrected chi connectivity index (χ4v) is 1.22. The summed E-state index contributed by atoms with van der Waals surface area (Å²) in [5, 5.41) is 0. The number of carbonyl (C=O) groups excluding carboxylic acids is 1. The summed E-state index contributed by atoms with van der Waals surface area (Å²) in [6, 6.07) is 3.53. The van der Waals surface area contributed by atoms with Crippen LogP contribution in [0.3, 0.4) is 0 Å². The Balaban J connectivity index is 0.00000196. The molecule has 0 saturated heterocycles. The SMILES string of the molecule is COC(=O)[C@@H](N)c1cccc(F)c1C.Cl. The van der Waals surface area contributed by atoms with Crippen molar-refractivity contribution in [2.45, 2.75) is 13.0 Å². The number of nitrogens with two attached hydrogens (primary N) is 1. The second-order valence-corrected chi connectivity index (χ2v) is 2.95. The summed E-state index contributed by atoms with van der Waals surface area (Å²) in [5.74, 6) is -0.944. The highest BCUT2D eigenvalue weighted by Crippen LogP contribution is 2.18. The lowest BCUT2D eigenvalue weighted by Crippen LogP contribution is -2.23. The second kappa shape index (κ2) is 5.68. The molecule has 1 aromatic carbocycles. The molecule has 2 N–H and O–H groups in total. The molecule has 0 heterocycles. The first-order valence-corrected chi connectivity index (χ1v) is 4.16. The molecule has 0 aliphatic heterocycles. The zero-order valence-electron chi connectivity index (χ0n) is 8.49. The van der Waals surface area contributed by atoms with Crippen LogP contribution in [0.5, 0.6) is 0 Å². The maximum Gasteiger partial charge on any atom is 0.327 e. The van der Waals surface area contributed by atoms with Gasteiger partial charge in [0.25, 0.3) is 0 Å². The average molecular weight is 234 g/mol. The van der Waals surface area contributed by atoms with Crippen molar-refractivity contribution >= 4 is 18.4 Å². The lowest BCUT2D eigenvalue weighted by atomic mass is 10.0. The number of methoxy groups -OCH3 is 1. The van der Waals surface area contributed by atoms with Crippen molar-refractivity contribution in [1.82, 2.24) is 0 Å². The minimum atomic E-state index is -0.921. The predicted molar refractivity (Wildman–Crippen MR) is 57.3 cm³/mol. The number of rotatable bonds is 2. The van der Waals surface area contributed by atoms with Crippen LogP contribution >= 0.6 is 12.4 Å². The first-order chi connectivity index (χ1) is 6.57. The van der Waals surface area contributed by atoms with Gasteiger partial charge < -0.3 is 10.5 Å². The largest absolute Gasteiger partial charge is 0.468 e.